The number of nitrogens with zero attached hydrogens (tertiary/aromatic N) is 2. The van der Waals surface area contributed by atoms with Gasteiger partial charge in [-0.3, -0.25) is 4.79 Å². The van der Waals surface area contributed by atoms with Gasteiger partial charge in [-0.1, -0.05) is 41.4 Å². The minimum Gasteiger partial charge on any atom is -0.317 e. The molecule has 0 bridgehead atoms. The lowest BCUT2D eigenvalue weighted by Crippen LogP contribution is -2.09. The lowest BCUT2D eigenvalue weighted by Gasteiger charge is -2.04. The minimum absolute atomic E-state index is 0.104. The van der Waals surface area contributed by atoms with Crippen molar-refractivity contribution in [2.45, 2.75) is 6.92 Å². The van der Waals surface area contributed by atoms with E-state index in [-0.39, 0.29) is 21.9 Å². The van der Waals surface area contributed by atoms with E-state index < -0.39 is 0 Å². The molecule has 0 atom stereocenters. The molecule has 1 heterocycles. The van der Waals surface area contributed by atoms with E-state index in [4.69, 9.17) is 23.2 Å². The van der Waals surface area contributed by atoms with E-state index in [1.54, 1.807) is 18.2 Å². The van der Waals surface area contributed by atoms with E-state index in [2.05, 4.69) is 15.3 Å². The summed E-state index contributed by atoms with van der Waals surface area (Å²) in [6.07, 6.45) is 7.69. The lowest BCUT2D eigenvalue weighted by molar-refractivity contribution is -0.111. The smallest absolute Gasteiger partial charge is 0.248 e. The molecule has 1 aromatic heterocycles. The zero-order valence-corrected chi connectivity index (χ0v) is 9.96. The van der Waals surface area contributed by atoms with Gasteiger partial charge >= 0.3 is 0 Å². The van der Waals surface area contributed by atoms with Crippen molar-refractivity contribution in [3.8, 4) is 0 Å². The van der Waals surface area contributed by atoms with Crippen LogP contribution in [-0.2, 0) is 4.79 Å². The van der Waals surface area contributed by atoms with Crippen LogP contribution >= 0.6 is 23.2 Å². The van der Waals surface area contributed by atoms with E-state index in [0.29, 0.717) is 0 Å². The fourth-order valence-electron chi connectivity index (χ4n) is 0.867. The van der Waals surface area contributed by atoms with Gasteiger partial charge in [0.2, 0.25) is 5.91 Å². The number of hydrogen-bond acceptors (Lipinski definition) is 3. The Hall–Kier alpha value is -1.39. The van der Waals surface area contributed by atoms with Crippen molar-refractivity contribution in [1.29, 1.82) is 0 Å². The predicted octanol–water partition coefficient (Wildman–Crippen LogP) is 2.85. The lowest BCUT2D eigenvalue weighted by atomic mass is 10.4. The summed E-state index contributed by atoms with van der Waals surface area (Å²) in [5.41, 5.74) is 0.209. The van der Waals surface area contributed by atoms with Crippen molar-refractivity contribution in [3.05, 3.63) is 40.9 Å². The van der Waals surface area contributed by atoms with Crippen LogP contribution in [0.2, 0.25) is 10.3 Å². The summed E-state index contributed by atoms with van der Waals surface area (Å²) >= 11 is 11.5. The second-order valence-electron chi connectivity index (χ2n) is 2.70. The molecule has 16 heavy (non-hydrogen) atoms. The number of aromatic nitrogens is 2. The molecule has 4 nitrogen and oxygen atoms in total. The van der Waals surface area contributed by atoms with Crippen molar-refractivity contribution >= 4 is 34.8 Å². The van der Waals surface area contributed by atoms with Crippen LogP contribution in [0.1, 0.15) is 6.92 Å². The molecule has 1 N–H and O–H groups in total. The highest BCUT2D eigenvalue weighted by Crippen LogP contribution is 2.25. The van der Waals surface area contributed by atoms with Gasteiger partial charge in [0.25, 0.3) is 0 Å². The molecule has 0 unspecified atom stereocenters. The third-order valence-corrected chi connectivity index (χ3v) is 2.13. The highest BCUT2D eigenvalue weighted by Gasteiger charge is 2.09. The molecule has 1 rings (SSSR count). The predicted molar refractivity (Wildman–Crippen MR) is 64.6 cm³/mol. The minimum atomic E-state index is -0.350. The number of rotatable bonds is 3. The van der Waals surface area contributed by atoms with Gasteiger partial charge < -0.3 is 5.32 Å². The molecule has 0 fully saturated rings. The van der Waals surface area contributed by atoms with Gasteiger partial charge in [-0.05, 0) is 6.92 Å². The molecule has 84 valence electrons. The molecule has 0 spiro atoms. The van der Waals surface area contributed by atoms with Crippen LogP contribution in [0, 0.1) is 0 Å². The number of carbonyl (C=O) groups is 1. The SMILES string of the molecule is CC=CC=CC(=O)Nc1c(Cl)ncnc1Cl. The van der Waals surface area contributed by atoms with Crippen molar-refractivity contribution < 1.29 is 4.79 Å². The highest BCUT2D eigenvalue weighted by molar-refractivity contribution is 6.38. The third kappa shape index (κ3) is 3.64. The molecular weight excluding hydrogens is 249 g/mol. The maximum atomic E-state index is 11.4. The third-order valence-electron chi connectivity index (χ3n) is 1.55. The maximum Gasteiger partial charge on any atom is 0.248 e. The quantitative estimate of drug-likeness (QED) is 0.515. The van der Waals surface area contributed by atoms with Crippen LogP contribution in [0.5, 0.6) is 0 Å². The fourth-order valence-corrected chi connectivity index (χ4v) is 1.28. The van der Waals surface area contributed by atoms with Gasteiger partial charge in [0, 0.05) is 6.08 Å². The molecule has 1 aromatic rings. The topological polar surface area (TPSA) is 54.9 Å². The summed E-state index contributed by atoms with van der Waals surface area (Å²) in [5, 5.41) is 2.70. The van der Waals surface area contributed by atoms with Crippen LogP contribution in [0.3, 0.4) is 0 Å². The number of hydrogen-bond donors (Lipinski definition) is 1. The fraction of sp³-hybridized carbons (Fsp3) is 0.100. The molecule has 0 radical (unpaired) electrons. The van der Waals surface area contributed by atoms with Crippen molar-refractivity contribution in [2.75, 3.05) is 5.32 Å². The van der Waals surface area contributed by atoms with Crippen LogP contribution < -0.4 is 5.32 Å². The van der Waals surface area contributed by atoms with Crippen molar-refractivity contribution in [3.63, 3.8) is 0 Å². The van der Waals surface area contributed by atoms with Gasteiger partial charge in [-0.2, -0.15) is 0 Å². The Morgan fingerprint density at radius 1 is 1.31 bits per heavy atom. The first-order chi connectivity index (χ1) is 7.65. The monoisotopic (exact) mass is 257 g/mol. The Balaban J connectivity index is 2.77. The normalized spacial score (nSPS) is 11.2. The average Bonchev–Trinajstić information content (AvgIpc) is 2.24. The summed E-state index contributed by atoms with van der Waals surface area (Å²) in [4.78, 5) is 18.8. The van der Waals surface area contributed by atoms with E-state index >= 15 is 0 Å². The summed E-state index contributed by atoms with van der Waals surface area (Å²) in [6.45, 7) is 1.85. The van der Waals surface area contributed by atoms with Gasteiger partial charge in [-0.15, -0.1) is 0 Å². The average molecular weight is 258 g/mol. The van der Waals surface area contributed by atoms with Crippen molar-refractivity contribution in [1.82, 2.24) is 9.97 Å². The zero-order valence-electron chi connectivity index (χ0n) is 8.45. The molecule has 1 amide bonds. The molecule has 0 aliphatic heterocycles. The van der Waals surface area contributed by atoms with Gasteiger partial charge in [0.15, 0.2) is 10.3 Å². The maximum absolute atomic E-state index is 11.4. The number of anilines is 1. The summed E-state index contributed by atoms with van der Waals surface area (Å²) in [6, 6.07) is 0. The summed E-state index contributed by atoms with van der Waals surface area (Å²) in [5.74, 6) is -0.350. The molecule has 0 saturated carbocycles. The Morgan fingerprint density at radius 2 is 1.94 bits per heavy atom. The van der Waals surface area contributed by atoms with E-state index in [0.717, 1.165) is 0 Å². The Kier molecular flexibility index (Phi) is 4.95. The van der Waals surface area contributed by atoms with Gasteiger partial charge in [-0.25, -0.2) is 9.97 Å². The van der Waals surface area contributed by atoms with Crippen LogP contribution in [-0.4, -0.2) is 15.9 Å². The number of nitrogens with one attached hydrogen (secondary N) is 1. The zero-order chi connectivity index (χ0) is 12.0. The second-order valence-corrected chi connectivity index (χ2v) is 3.42. The standard InChI is InChI=1S/C10H9Cl2N3O/c1-2-3-4-5-7(16)15-8-9(11)13-6-14-10(8)12/h2-6H,1H3,(H,15,16). The molecule has 0 aromatic carbocycles. The van der Waals surface area contributed by atoms with Crippen molar-refractivity contribution in [2.24, 2.45) is 0 Å². The number of halogens is 2. The van der Waals surface area contributed by atoms with E-state index in [1.165, 1.54) is 12.4 Å². The number of allylic oxidation sites excluding steroid dienone is 3. The molecule has 0 aliphatic rings. The first-order valence-corrected chi connectivity index (χ1v) is 5.17. The van der Waals surface area contributed by atoms with E-state index in [1.807, 2.05) is 6.92 Å². The van der Waals surface area contributed by atoms with Crippen LogP contribution in [0.15, 0.2) is 30.6 Å². The molecule has 6 heteroatoms. The Labute approximate surface area is 103 Å². The Bertz CT molecular complexity index is 423. The molecule has 0 saturated heterocycles. The van der Waals surface area contributed by atoms with Gasteiger partial charge in [0.1, 0.15) is 12.0 Å². The Morgan fingerprint density at radius 3 is 2.50 bits per heavy atom. The first-order valence-electron chi connectivity index (χ1n) is 4.41. The highest BCUT2D eigenvalue weighted by atomic mass is 35.5. The summed E-state index contributed by atoms with van der Waals surface area (Å²) in [7, 11) is 0. The second kappa shape index (κ2) is 6.25. The van der Waals surface area contributed by atoms with Crippen LogP contribution in [0.25, 0.3) is 0 Å². The van der Waals surface area contributed by atoms with Gasteiger partial charge in [0.05, 0.1) is 0 Å². The molecular formula is C10H9Cl2N3O. The number of carbonyl (C=O) groups excluding carboxylic acids is 1. The number of amides is 1. The first kappa shape index (κ1) is 12.7. The molecule has 0 aliphatic carbocycles. The largest absolute Gasteiger partial charge is 0.317 e. The summed E-state index contributed by atoms with van der Waals surface area (Å²) < 4.78 is 0. The van der Waals surface area contributed by atoms with Crippen LogP contribution in [0.4, 0.5) is 5.69 Å². The van der Waals surface area contributed by atoms with E-state index in [9.17, 15) is 4.79 Å².